The van der Waals surface area contributed by atoms with E-state index in [2.05, 4.69) is 15.7 Å². The largest absolute Gasteiger partial charge is 0.480 e. The highest BCUT2D eigenvalue weighted by molar-refractivity contribution is 6.31. The van der Waals surface area contributed by atoms with Gasteiger partial charge in [0.25, 0.3) is 0 Å². The van der Waals surface area contributed by atoms with Crippen molar-refractivity contribution in [3.63, 3.8) is 0 Å². The number of nitrogens with one attached hydrogen (secondary N) is 2. The van der Waals surface area contributed by atoms with Crippen LogP contribution in [-0.2, 0) is 21.7 Å². The molecule has 2 fully saturated rings. The van der Waals surface area contributed by atoms with Gasteiger partial charge < -0.3 is 26.6 Å². The van der Waals surface area contributed by atoms with Crippen molar-refractivity contribution in [1.82, 2.24) is 20.0 Å². The Bertz CT molecular complexity index is 1640. The first-order valence-corrected chi connectivity index (χ1v) is 16.2. The zero-order valence-corrected chi connectivity index (χ0v) is 28.0. The smallest absolute Gasteiger partial charge is 0.317 e. The average molecular weight is 694 g/mol. The number of aromatic nitrogens is 2. The molecule has 1 amide bonds. The maximum atomic E-state index is 15.8. The summed E-state index contributed by atoms with van der Waals surface area (Å²) in [6.07, 6.45) is 2.74. The van der Waals surface area contributed by atoms with Crippen molar-refractivity contribution < 1.29 is 28.6 Å². The molecule has 0 radical (unpaired) electrons. The summed E-state index contributed by atoms with van der Waals surface area (Å²) in [4.78, 5) is 26.9. The molecule has 0 unspecified atom stereocenters. The van der Waals surface area contributed by atoms with E-state index in [0.717, 1.165) is 6.07 Å². The van der Waals surface area contributed by atoms with Crippen LogP contribution in [0.25, 0.3) is 0 Å². The number of carboxylic acid groups (broad SMARTS) is 1. The molecule has 2 saturated heterocycles. The number of amides is 1. The molecule has 2 aliphatic heterocycles. The summed E-state index contributed by atoms with van der Waals surface area (Å²) in [5.74, 6) is -3.85. The number of carbonyl (C=O) groups excluding carboxylic acids is 1. The molecular weight excluding hydrogens is 653 g/mol. The number of benzene rings is 2. The highest BCUT2D eigenvalue weighted by Crippen LogP contribution is 2.50. The van der Waals surface area contributed by atoms with Gasteiger partial charge in [-0.3, -0.25) is 19.2 Å². The van der Waals surface area contributed by atoms with Gasteiger partial charge in [-0.1, -0.05) is 62.2 Å². The summed E-state index contributed by atoms with van der Waals surface area (Å²) in [7, 11) is 0. The average Bonchev–Trinajstić information content (AvgIpc) is 3.51. The molecule has 4 atom stereocenters. The summed E-state index contributed by atoms with van der Waals surface area (Å²) in [5, 5.41) is 30.8. The molecule has 0 spiro atoms. The lowest BCUT2D eigenvalue weighted by atomic mass is 9.68. The van der Waals surface area contributed by atoms with Gasteiger partial charge >= 0.3 is 5.97 Å². The number of carboxylic acids is 1. The molecule has 5 rings (SSSR count). The van der Waals surface area contributed by atoms with Gasteiger partial charge in [-0.25, -0.2) is 8.78 Å². The Hall–Kier alpha value is -3.13. The van der Waals surface area contributed by atoms with Crippen molar-refractivity contribution >= 4 is 40.9 Å². The second kappa shape index (κ2) is 13.4. The van der Waals surface area contributed by atoms with Crippen molar-refractivity contribution in [1.29, 1.82) is 0 Å². The Labute approximate surface area is 282 Å². The van der Waals surface area contributed by atoms with E-state index in [1.807, 2.05) is 20.8 Å². The Morgan fingerprint density at radius 2 is 1.85 bits per heavy atom. The number of hydrogen-bond donors (Lipinski definition) is 5. The van der Waals surface area contributed by atoms with Gasteiger partial charge in [0.05, 0.1) is 35.3 Å². The molecule has 47 heavy (non-hydrogen) atoms. The number of hydrogen-bond acceptors (Lipinski definition) is 7. The summed E-state index contributed by atoms with van der Waals surface area (Å²) in [6.45, 7) is 6.87. The molecule has 0 saturated carbocycles. The third-order valence-electron chi connectivity index (χ3n) is 9.11. The highest BCUT2D eigenvalue weighted by atomic mass is 35.5. The van der Waals surface area contributed by atoms with Gasteiger partial charge in [-0.2, -0.15) is 5.10 Å². The number of aliphatic carboxylic acids is 1. The maximum absolute atomic E-state index is 15.8. The van der Waals surface area contributed by atoms with Gasteiger partial charge in [0.15, 0.2) is 5.82 Å². The Kier molecular flexibility index (Phi) is 10.0. The lowest BCUT2D eigenvalue weighted by molar-refractivity contribution is -0.139. The highest BCUT2D eigenvalue weighted by Gasteiger charge is 2.58. The van der Waals surface area contributed by atoms with Crippen molar-refractivity contribution in [2.75, 3.05) is 25.0 Å². The van der Waals surface area contributed by atoms with Crippen LogP contribution >= 0.6 is 23.2 Å². The van der Waals surface area contributed by atoms with E-state index in [1.54, 1.807) is 23.2 Å². The monoisotopic (exact) mass is 692 g/mol. The SMILES string of the molecule is CC(C)(C)C[C@@H]1N[C@@H](C(=O)Nc2ccn(CC3(O)CCN(CC(=O)O)CC3)n2)[C@H](c2cccc(Cl)c2F)[C@@]1(N)c1ccc(Cl)cc1F. The second-order valence-electron chi connectivity index (χ2n) is 13.9. The number of aliphatic hydroxyl groups is 1. The van der Waals surface area contributed by atoms with E-state index in [0.29, 0.717) is 32.4 Å². The lowest BCUT2D eigenvalue weighted by Gasteiger charge is -2.40. The third kappa shape index (κ3) is 7.63. The fourth-order valence-electron chi connectivity index (χ4n) is 6.90. The summed E-state index contributed by atoms with van der Waals surface area (Å²) >= 11 is 12.3. The van der Waals surface area contributed by atoms with E-state index in [4.69, 9.17) is 34.0 Å². The number of rotatable bonds is 9. The molecule has 10 nitrogen and oxygen atoms in total. The van der Waals surface area contributed by atoms with Gasteiger partial charge in [0, 0.05) is 47.9 Å². The molecule has 2 aliphatic rings. The van der Waals surface area contributed by atoms with Crippen LogP contribution < -0.4 is 16.4 Å². The summed E-state index contributed by atoms with van der Waals surface area (Å²) < 4.78 is 33.1. The third-order valence-corrected chi connectivity index (χ3v) is 9.64. The van der Waals surface area contributed by atoms with Crippen molar-refractivity contribution in [2.45, 2.75) is 75.7 Å². The molecule has 3 aromatic rings. The molecule has 3 heterocycles. The van der Waals surface area contributed by atoms with Crippen molar-refractivity contribution in [3.8, 4) is 0 Å². The Balaban J connectivity index is 1.45. The first-order valence-electron chi connectivity index (χ1n) is 15.4. The Morgan fingerprint density at radius 1 is 1.15 bits per heavy atom. The van der Waals surface area contributed by atoms with Crippen LogP contribution in [0.5, 0.6) is 0 Å². The minimum absolute atomic E-state index is 0.0559. The van der Waals surface area contributed by atoms with Gasteiger partial charge in [0.1, 0.15) is 11.6 Å². The summed E-state index contributed by atoms with van der Waals surface area (Å²) in [5.41, 5.74) is 4.33. The number of carbonyl (C=O) groups is 2. The van der Waals surface area contributed by atoms with Gasteiger partial charge in [0.2, 0.25) is 5.91 Å². The summed E-state index contributed by atoms with van der Waals surface area (Å²) in [6, 6.07) is 8.34. The zero-order valence-electron chi connectivity index (χ0n) is 26.4. The molecule has 0 bridgehead atoms. The minimum Gasteiger partial charge on any atom is -0.480 e. The van der Waals surface area contributed by atoms with E-state index in [1.165, 1.54) is 28.9 Å². The van der Waals surface area contributed by atoms with E-state index < -0.39 is 52.7 Å². The number of anilines is 1. The lowest BCUT2D eigenvalue weighted by Crippen LogP contribution is -2.52. The van der Waals surface area contributed by atoms with Gasteiger partial charge in [-0.15, -0.1) is 0 Å². The van der Waals surface area contributed by atoms with E-state index in [9.17, 15) is 14.7 Å². The molecule has 0 aliphatic carbocycles. The predicted molar refractivity (Wildman–Crippen MR) is 175 cm³/mol. The van der Waals surface area contributed by atoms with Crippen molar-refractivity contribution in [2.24, 2.45) is 11.1 Å². The van der Waals surface area contributed by atoms with E-state index >= 15 is 8.78 Å². The fraction of sp³-hybridized carbons (Fsp3) is 0.485. The van der Waals surface area contributed by atoms with Crippen LogP contribution in [0.2, 0.25) is 10.0 Å². The Morgan fingerprint density at radius 3 is 2.49 bits per heavy atom. The zero-order chi connectivity index (χ0) is 34.3. The van der Waals surface area contributed by atoms with Gasteiger partial charge in [-0.05, 0) is 48.4 Å². The number of piperidine rings is 1. The number of halogens is 4. The maximum Gasteiger partial charge on any atom is 0.317 e. The number of likely N-dealkylation sites (tertiary alicyclic amines) is 1. The fourth-order valence-corrected chi connectivity index (χ4v) is 7.24. The van der Waals surface area contributed by atoms with Crippen molar-refractivity contribution in [3.05, 3.63) is 81.5 Å². The first kappa shape index (κ1) is 35.2. The topological polar surface area (TPSA) is 146 Å². The van der Waals surface area contributed by atoms with Crippen LogP contribution in [0.1, 0.15) is 57.1 Å². The first-order chi connectivity index (χ1) is 22.0. The predicted octanol–water partition coefficient (Wildman–Crippen LogP) is 4.73. The molecule has 2 aromatic carbocycles. The molecule has 1 aromatic heterocycles. The van der Waals surface area contributed by atoms with E-state index in [-0.39, 0.29) is 45.5 Å². The molecule has 14 heteroatoms. The van der Waals surface area contributed by atoms with Crippen LogP contribution in [-0.4, -0.2) is 74.1 Å². The van der Waals surface area contributed by atoms with Crippen LogP contribution in [0.3, 0.4) is 0 Å². The molecule has 6 N–H and O–H groups in total. The number of nitrogens with zero attached hydrogens (tertiary/aromatic N) is 3. The second-order valence-corrected chi connectivity index (χ2v) is 14.8. The van der Waals surface area contributed by atoms with Crippen LogP contribution in [0.4, 0.5) is 14.6 Å². The number of nitrogens with two attached hydrogens (primary N) is 1. The van der Waals surface area contributed by atoms with Crippen LogP contribution in [0, 0.1) is 17.0 Å². The molecule has 254 valence electrons. The normalized spacial score (nSPS) is 24.7. The minimum atomic E-state index is -1.62. The van der Waals surface area contributed by atoms with Crippen LogP contribution in [0.15, 0.2) is 48.7 Å². The molecular formula is C33H40Cl2F2N6O4. The quantitative estimate of drug-likeness (QED) is 0.216. The standard InChI is InChI=1S/C33H40Cl2F2N6O4/c1-31(2,3)16-24-33(38,21-8-7-19(34)15-23(21)36)27(20-5-4-6-22(35)28(20)37)29(39-24)30(46)40-25-9-12-43(41-25)18-32(47)10-13-42(14-11-32)17-26(44)45/h4-9,12,15,24,27,29,39,47H,10-11,13-14,16-18,38H2,1-3H3,(H,44,45)(H,40,41,46)/t24-,27-,29+,33+/m0/s1.